The molecule has 3 rings (SSSR count). The molecule has 26 heavy (non-hydrogen) atoms. The van der Waals surface area contributed by atoms with Crippen molar-refractivity contribution in [2.45, 2.75) is 17.9 Å². The highest BCUT2D eigenvalue weighted by molar-refractivity contribution is 7.91. The summed E-state index contributed by atoms with van der Waals surface area (Å²) in [6, 6.07) is 23.1. The molecule has 0 saturated heterocycles. The van der Waals surface area contributed by atoms with Gasteiger partial charge in [0, 0.05) is 12.6 Å². The zero-order valence-electron chi connectivity index (χ0n) is 14.9. The van der Waals surface area contributed by atoms with Gasteiger partial charge in [0.05, 0.1) is 10.6 Å². The Kier molecular flexibility index (Phi) is 5.55. The summed E-state index contributed by atoms with van der Waals surface area (Å²) in [6.07, 6.45) is 0. The van der Waals surface area contributed by atoms with E-state index in [1.807, 2.05) is 18.2 Å². The maximum absolute atomic E-state index is 12.4. The molecule has 3 nitrogen and oxygen atoms in total. The summed E-state index contributed by atoms with van der Waals surface area (Å²) in [5.74, 6) is -0.0493. The zero-order chi connectivity index (χ0) is 18.6. The van der Waals surface area contributed by atoms with Crippen molar-refractivity contribution < 1.29 is 8.42 Å². The number of nitrogens with one attached hydrogen (secondary N) is 1. The van der Waals surface area contributed by atoms with Crippen molar-refractivity contribution in [2.24, 2.45) is 0 Å². The third-order valence-electron chi connectivity index (χ3n) is 4.44. The highest BCUT2D eigenvalue weighted by Gasteiger charge is 2.16. The largest absolute Gasteiger partial charge is 0.306 e. The molecule has 0 aliphatic rings. The van der Waals surface area contributed by atoms with Crippen LogP contribution in [0.4, 0.5) is 0 Å². The summed E-state index contributed by atoms with van der Waals surface area (Å²) in [4.78, 5) is 0.336. The molecule has 1 atom stereocenters. The number of hydrogen-bond acceptors (Lipinski definition) is 3. The van der Waals surface area contributed by atoms with E-state index in [2.05, 4.69) is 43.1 Å². The molecule has 4 heteroatoms. The van der Waals surface area contributed by atoms with E-state index in [1.165, 1.54) is 16.3 Å². The number of fused-ring (bicyclic) bond motifs is 1. The fraction of sp³-hybridized carbons (Fsp3) is 0.182. The molecule has 0 unspecified atom stereocenters. The predicted molar refractivity (Wildman–Crippen MR) is 108 cm³/mol. The highest BCUT2D eigenvalue weighted by atomic mass is 32.2. The smallest absolute Gasteiger partial charge is 0.182 e. The number of rotatable bonds is 7. The van der Waals surface area contributed by atoms with Crippen molar-refractivity contribution in [1.82, 2.24) is 5.32 Å². The van der Waals surface area contributed by atoms with Gasteiger partial charge in [-0.05, 0) is 41.0 Å². The monoisotopic (exact) mass is 365 g/mol. The van der Waals surface area contributed by atoms with Gasteiger partial charge in [-0.15, -0.1) is 0 Å². The molecule has 0 fully saturated rings. The van der Waals surface area contributed by atoms with Crippen LogP contribution in [0.15, 0.2) is 89.8 Å². The lowest BCUT2D eigenvalue weighted by molar-refractivity contribution is 0.591. The van der Waals surface area contributed by atoms with Crippen LogP contribution < -0.4 is 5.32 Å². The van der Waals surface area contributed by atoms with Crippen LogP contribution in [0.5, 0.6) is 0 Å². The van der Waals surface area contributed by atoms with Crippen molar-refractivity contribution >= 4 is 20.6 Å². The van der Waals surface area contributed by atoms with E-state index < -0.39 is 9.84 Å². The topological polar surface area (TPSA) is 46.2 Å². The van der Waals surface area contributed by atoms with Gasteiger partial charge in [0.15, 0.2) is 9.84 Å². The molecule has 134 valence electrons. The first-order valence-electron chi connectivity index (χ1n) is 8.63. The molecule has 0 saturated carbocycles. The Labute approximate surface area is 155 Å². The van der Waals surface area contributed by atoms with Gasteiger partial charge in [0.1, 0.15) is 0 Å². The quantitative estimate of drug-likeness (QED) is 0.626. The van der Waals surface area contributed by atoms with Gasteiger partial charge >= 0.3 is 0 Å². The Hall–Kier alpha value is -2.43. The van der Waals surface area contributed by atoms with Crippen molar-refractivity contribution in [3.05, 3.63) is 90.5 Å². The van der Waals surface area contributed by atoms with E-state index >= 15 is 0 Å². The molecule has 0 aliphatic heterocycles. The van der Waals surface area contributed by atoms with E-state index in [0.29, 0.717) is 17.0 Å². The van der Waals surface area contributed by atoms with Crippen LogP contribution in [0, 0.1) is 0 Å². The second-order valence-corrected chi connectivity index (χ2v) is 8.48. The van der Waals surface area contributed by atoms with Crippen LogP contribution in [-0.2, 0) is 9.84 Å². The second kappa shape index (κ2) is 7.85. The molecule has 0 amide bonds. The molecule has 0 spiro atoms. The summed E-state index contributed by atoms with van der Waals surface area (Å²) < 4.78 is 24.9. The maximum Gasteiger partial charge on any atom is 0.182 e. The SMILES string of the molecule is C=C(CN[C@@H](C)c1cccc2ccccc12)CS(=O)(=O)c1ccccc1. The Bertz CT molecular complexity index is 1010. The third kappa shape index (κ3) is 4.21. The van der Waals surface area contributed by atoms with Crippen molar-refractivity contribution in [3.8, 4) is 0 Å². The minimum Gasteiger partial charge on any atom is -0.306 e. The number of sulfone groups is 1. The van der Waals surface area contributed by atoms with Gasteiger partial charge in [0.25, 0.3) is 0 Å². The van der Waals surface area contributed by atoms with Gasteiger partial charge in [-0.2, -0.15) is 0 Å². The molecule has 0 radical (unpaired) electrons. The van der Waals surface area contributed by atoms with Gasteiger partial charge in [-0.1, -0.05) is 67.2 Å². The van der Waals surface area contributed by atoms with E-state index in [-0.39, 0.29) is 11.8 Å². The number of hydrogen-bond donors (Lipinski definition) is 1. The standard InChI is InChI=1S/C22H23NO2S/c1-17(16-26(24,25)20-11-4-3-5-12-20)15-23-18(2)21-14-8-10-19-9-6-7-13-22(19)21/h3-14,18,23H,1,15-16H2,2H3/t18-/m0/s1. The lowest BCUT2D eigenvalue weighted by Gasteiger charge is -2.17. The first kappa shape index (κ1) is 18.4. The van der Waals surface area contributed by atoms with E-state index in [4.69, 9.17) is 0 Å². The molecule has 0 heterocycles. The van der Waals surface area contributed by atoms with Crippen LogP contribution in [-0.4, -0.2) is 20.7 Å². The summed E-state index contributed by atoms with van der Waals surface area (Å²) >= 11 is 0. The van der Waals surface area contributed by atoms with Crippen molar-refractivity contribution in [1.29, 1.82) is 0 Å². The molecular formula is C22H23NO2S. The first-order chi connectivity index (χ1) is 12.5. The molecule has 1 N–H and O–H groups in total. The normalized spacial score (nSPS) is 12.8. The van der Waals surface area contributed by atoms with Gasteiger partial charge in [-0.25, -0.2) is 8.42 Å². The maximum atomic E-state index is 12.4. The van der Waals surface area contributed by atoms with E-state index in [0.717, 1.165) is 0 Å². The molecule has 0 aromatic heterocycles. The predicted octanol–water partition coefficient (Wildman–Crippen LogP) is 4.52. The van der Waals surface area contributed by atoms with Crippen LogP contribution in [0.25, 0.3) is 10.8 Å². The minimum atomic E-state index is -3.35. The summed E-state index contributed by atoms with van der Waals surface area (Å²) in [6.45, 7) is 6.49. The molecule has 3 aromatic rings. The van der Waals surface area contributed by atoms with Crippen molar-refractivity contribution in [3.63, 3.8) is 0 Å². The second-order valence-electron chi connectivity index (χ2n) is 6.49. The van der Waals surface area contributed by atoms with Crippen molar-refractivity contribution in [2.75, 3.05) is 12.3 Å². The van der Waals surface area contributed by atoms with Gasteiger partial charge in [-0.3, -0.25) is 0 Å². The van der Waals surface area contributed by atoms with Crippen LogP contribution in [0.3, 0.4) is 0 Å². The van der Waals surface area contributed by atoms with Gasteiger partial charge in [0.2, 0.25) is 0 Å². The average Bonchev–Trinajstić information content (AvgIpc) is 2.66. The first-order valence-corrected chi connectivity index (χ1v) is 10.3. The summed E-state index contributed by atoms with van der Waals surface area (Å²) in [5, 5.41) is 5.81. The summed E-state index contributed by atoms with van der Waals surface area (Å²) in [7, 11) is -3.35. The Morgan fingerprint density at radius 2 is 1.62 bits per heavy atom. The Morgan fingerprint density at radius 3 is 2.38 bits per heavy atom. The molecular weight excluding hydrogens is 342 g/mol. The molecule has 3 aromatic carbocycles. The average molecular weight is 365 g/mol. The third-order valence-corrected chi connectivity index (χ3v) is 6.22. The molecule has 0 aliphatic carbocycles. The lowest BCUT2D eigenvalue weighted by Crippen LogP contribution is -2.24. The molecule has 0 bridgehead atoms. The fourth-order valence-corrected chi connectivity index (χ4v) is 4.44. The van der Waals surface area contributed by atoms with Gasteiger partial charge < -0.3 is 5.32 Å². The van der Waals surface area contributed by atoms with Crippen LogP contribution in [0.2, 0.25) is 0 Å². The number of benzene rings is 3. The van der Waals surface area contributed by atoms with E-state index in [9.17, 15) is 8.42 Å². The minimum absolute atomic E-state index is 0.0493. The Morgan fingerprint density at radius 1 is 0.962 bits per heavy atom. The van der Waals surface area contributed by atoms with E-state index in [1.54, 1.807) is 30.3 Å². The summed E-state index contributed by atoms with van der Waals surface area (Å²) in [5.41, 5.74) is 1.85. The zero-order valence-corrected chi connectivity index (χ0v) is 15.7. The lowest BCUT2D eigenvalue weighted by atomic mass is 9.99. The Balaban J connectivity index is 1.66. The highest BCUT2D eigenvalue weighted by Crippen LogP contribution is 2.24. The van der Waals surface area contributed by atoms with Crippen LogP contribution >= 0.6 is 0 Å². The fourth-order valence-electron chi connectivity index (χ4n) is 3.07. The van der Waals surface area contributed by atoms with Crippen LogP contribution in [0.1, 0.15) is 18.5 Å².